The Bertz CT molecular complexity index is 990. The molecule has 0 atom stereocenters. The predicted molar refractivity (Wildman–Crippen MR) is 102 cm³/mol. The first kappa shape index (κ1) is 18.1. The lowest BCUT2D eigenvalue weighted by Gasteiger charge is -2.09. The van der Waals surface area contributed by atoms with Gasteiger partial charge in [0, 0.05) is 23.0 Å². The molecule has 0 bridgehead atoms. The summed E-state index contributed by atoms with van der Waals surface area (Å²) in [5.41, 5.74) is 3.92. The number of aryl methyl sites for hydroxylation is 2. The molecule has 0 aliphatic carbocycles. The maximum absolute atomic E-state index is 12.1. The number of aromatic nitrogens is 2. The molecule has 1 aromatic heterocycles. The number of carbonyl (C=O) groups is 1. The average Bonchev–Trinajstić information content (AvgIpc) is 2.67. The van der Waals surface area contributed by atoms with Crippen molar-refractivity contribution in [3.05, 3.63) is 71.4 Å². The molecule has 6 heteroatoms. The van der Waals surface area contributed by atoms with Crippen molar-refractivity contribution in [2.45, 2.75) is 13.8 Å². The molecule has 0 radical (unpaired) electrons. The highest BCUT2D eigenvalue weighted by molar-refractivity contribution is 5.91. The lowest BCUT2D eigenvalue weighted by atomic mass is 10.1. The second kappa shape index (κ2) is 8.11. The van der Waals surface area contributed by atoms with E-state index in [4.69, 9.17) is 10.00 Å². The number of nitrogens with one attached hydrogen (secondary N) is 1. The Morgan fingerprint density at radius 1 is 1.07 bits per heavy atom. The van der Waals surface area contributed by atoms with E-state index in [1.807, 2.05) is 44.2 Å². The minimum absolute atomic E-state index is 0.177. The molecule has 0 unspecified atom stereocenters. The van der Waals surface area contributed by atoms with Crippen LogP contribution in [0.5, 0.6) is 5.88 Å². The SMILES string of the molecule is Cc1ccc(-c2nc(C)cc(OCC(=O)Nc3ccc(C#N)cc3)n2)cc1. The first-order valence-corrected chi connectivity index (χ1v) is 8.39. The summed E-state index contributed by atoms with van der Waals surface area (Å²) < 4.78 is 5.54. The van der Waals surface area contributed by atoms with E-state index in [1.165, 1.54) is 0 Å². The van der Waals surface area contributed by atoms with E-state index in [2.05, 4.69) is 15.3 Å². The fourth-order valence-electron chi connectivity index (χ4n) is 2.41. The van der Waals surface area contributed by atoms with E-state index < -0.39 is 0 Å². The van der Waals surface area contributed by atoms with Crippen LogP contribution in [0.1, 0.15) is 16.8 Å². The molecule has 1 N–H and O–H groups in total. The molecule has 0 fully saturated rings. The van der Waals surface area contributed by atoms with Gasteiger partial charge >= 0.3 is 0 Å². The third-order valence-corrected chi connectivity index (χ3v) is 3.79. The largest absolute Gasteiger partial charge is 0.467 e. The van der Waals surface area contributed by atoms with Crippen molar-refractivity contribution >= 4 is 11.6 Å². The van der Waals surface area contributed by atoms with Gasteiger partial charge in [-0.3, -0.25) is 4.79 Å². The fraction of sp³-hybridized carbons (Fsp3) is 0.143. The number of carbonyl (C=O) groups excluding carboxylic acids is 1. The van der Waals surface area contributed by atoms with Crippen LogP contribution in [-0.2, 0) is 4.79 Å². The third-order valence-electron chi connectivity index (χ3n) is 3.79. The van der Waals surface area contributed by atoms with Crippen molar-refractivity contribution in [2.24, 2.45) is 0 Å². The van der Waals surface area contributed by atoms with Gasteiger partial charge in [-0.25, -0.2) is 4.98 Å². The number of amides is 1. The molecule has 0 aliphatic heterocycles. The smallest absolute Gasteiger partial charge is 0.262 e. The molecule has 1 heterocycles. The number of hydrogen-bond acceptors (Lipinski definition) is 5. The molecule has 0 saturated heterocycles. The average molecular weight is 358 g/mol. The quantitative estimate of drug-likeness (QED) is 0.752. The normalized spacial score (nSPS) is 10.1. The molecule has 27 heavy (non-hydrogen) atoms. The van der Waals surface area contributed by atoms with Gasteiger partial charge in [0.2, 0.25) is 5.88 Å². The van der Waals surface area contributed by atoms with Crippen molar-refractivity contribution in [2.75, 3.05) is 11.9 Å². The Balaban J connectivity index is 1.65. The highest BCUT2D eigenvalue weighted by Crippen LogP contribution is 2.19. The molecule has 1 amide bonds. The summed E-state index contributed by atoms with van der Waals surface area (Å²) in [6.45, 7) is 3.69. The first-order chi connectivity index (χ1) is 13.0. The van der Waals surface area contributed by atoms with Crippen molar-refractivity contribution in [1.82, 2.24) is 9.97 Å². The molecule has 3 aromatic rings. The fourth-order valence-corrected chi connectivity index (χ4v) is 2.41. The van der Waals surface area contributed by atoms with E-state index in [1.54, 1.807) is 30.3 Å². The van der Waals surface area contributed by atoms with Crippen LogP contribution in [0.3, 0.4) is 0 Å². The van der Waals surface area contributed by atoms with Crippen LogP contribution in [0.15, 0.2) is 54.6 Å². The minimum Gasteiger partial charge on any atom is -0.467 e. The molecular formula is C21H18N4O2. The van der Waals surface area contributed by atoms with Gasteiger partial charge in [-0.2, -0.15) is 10.2 Å². The van der Waals surface area contributed by atoms with Crippen LogP contribution in [0.25, 0.3) is 11.4 Å². The van der Waals surface area contributed by atoms with Crippen LogP contribution < -0.4 is 10.1 Å². The summed E-state index contributed by atoms with van der Waals surface area (Å²) in [7, 11) is 0. The van der Waals surface area contributed by atoms with Crippen LogP contribution in [0, 0.1) is 25.2 Å². The Kier molecular flexibility index (Phi) is 5.43. The number of nitriles is 1. The third kappa shape index (κ3) is 4.89. The van der Waals surface area contributed by atoms with Gasteiger partial charge in [0.25, 0.3) is 5.91 Å². The Morgan fingerprint density at radius 3 is 2.44 bits per heavy atom. The van der Waals surface area contributed by atoms with E-state index in [-0.39, 0.29) is 12.5 Å². The Morgan fingerprint density at radius 2 is 1.78 bits per heavy atom. The number of anilines is 1. The van der Waals surface area contributed by atoms with Crippen molar-refractivity contribution in [3.63, 3.8) is 0 Å². The van der Waals surface area contributed by atoms with Gasteiger partial charge in [-0.05, 0) is 38.1 Å². The molecule has 0 spiro atoms. The summed E-state index contributed by atoms with van der Waals surface area (Å²) in [5.74, 6) is 0.582. The van der Waals surface area contributed by atoms with E-state index >= 15 is 0 Å². The highest BCUT2D eigenvalue weighted by Gasteiger charge is 2.09. The molecular weight excluding hydrogens is 340 g/mol. The van der Waals surface area contributed by atoms with Crippen LogP contribution in [0.2, 0.25) is 0 Å². The topological polar surface area (TPSA) is 87.9 Å². The second-order valence-corrected chi connectivity index (χ2v) is 6.06. The number of rotatable bonds is 5. The van der Waals surface area contributed by atoms with Gasteiger partial charge in [0.05, 0.1) is 11.6 Å². The molecule has 0 saturated carbocycles. The van der Waals surface area contributed by atoms with Crippen LogP contribution >= 0.6 is 0 Å². The number of ether oxygens (including phenoxy) is 1. The van der Waals surface area contributed by atoms with Gasteiger partial charge < -0.3 is 10.1 Å². The summed E-state index contributed by atoms with van der Waals surface area (Å²) in [6, 6.07) is 18.2. The van der Waals surface area contributed by atoms with E-state index in [0.29, 0.717) is 23.0 Å². The molecule has 6 nitrogen and oxygen atoms in total. The van der Waals surface area contributed by atoms with Crippen LogP contribution in [-0.4, -0.2) is 22.5 Å². The zero-order valence-corrected chi connectivity index (χ0v) is 15.1. The zero-order valence-electron chi connectivity index (χ0n) is 15.1. The molecule has 134 valence electrons. The number of nitrogens with zero attached hydrogens (tertiary/aromatic N) is 3. The maximum atomic E-state index is 12.1. The maximum Gasteiger partial charge on any atom is 0.262 e. The van der Waals surface area contributed by atoms with Crippen molar-refractivity contribution in [3.8, 4) is 23.3 Å². The van der Waals surface area contributed by atoms with Gasteiger partial charge in [-0.1, -0.05) is 29.8 Å². The van der Waals surface area contributed by atoms with Crippen molar-refractivity contribution in [1.29, 1.82) is 5.26 Å². The first-order valence-electron chi connectivity index (χ1n) is 8.39. The zero-order chi connectivity index (χ0) is 19.2. The van der Waals surface area contributed by atoms with Crippen LogP contribution in [0.4, 0.5) is 5.69 Å². The summed E-state index contributed by atoms with van der Waals surface area (Å²) >= 11 is 0. The monoisotopic (exact) mass is 358 g/mol. The minimum atomic E-state index is -0.312. The summed E-state index contributed by atoms with van der Waals surface area (Å²) in [5, 5.41) is 11.5. The Hall–Kier alpha value is -3.72. The van der Waals surface area contributed by atoms with E-state index in [9.17, 15) is 4.79 Å². The van der Waals surface area contributed by atoms with Gasteiger partial charge in [0.15, 0.2) is 12.4 Å². The lowest BCUT2D eigenvalue weighted by Crippen LogP contribution is -2.20. The number of benzene rings is 2. The lowest BCUT2D eigenvalue weighted by molar-refractivity contribution is -0.118. The Labute approximate surface area is 157 Å². The summed E-state index contributed by atoms with van der Waals surface area (Å²) in [4.78, 5) is 20.9. The standard InChI is InChI=1S/C21H18N4O2/c1-14-3-7-17(8-4-14)21-23-15(2)11-20(25-21)27-13-19(26)24-18-9-5-16(12-22)6-10-18/h3-11H,13H2,1-2H3,(H,24,26). The summed E-state index contributed by atoms with van der Waals surface area (Å²) in [6.07, 6.45) is 0. The number of hydrogen-bond donors (Lipinski definition) is 1. The van der Waals surface area contributed by atoms with Gasteiger partial charge in [-0.15, -0.1) is 0 Å². The molecule has 3 rings (SSSR count). The molecule has 0 aliphatic rings. The van der Waals surface area contributed by atoms with E-state index in [0.717, 1.165) is 16.8 Å². The second-order valence-electron chi connectivity index (χ2n) is 6.06. The predicted octanol–water partition coefficient (Wildman–Crippen LogP) is 3.65. The van der Waals surface area contributed by atoms with Crippen molar-refractivity contribution < 1.29 is 9.53 Å². The molecule has 2 aromatic carbocycles. The van der Waals surface area contributed by atoms with Gasteiger partial charge in [0.1, 0.15) is 0 Å². The highest BCUT2D eigenvalue weighted by atomic mass is 16.5.